The summed E-state index contributed by atoms with van der Waals surface area (Å²) in [4.78, 5) is 24.5. The average molecular weight is 297 g/mol. The summed E-state index contributed by atoms with van der Waals surface area (Å²) < 4.78 is 10.9. The van der Waals surface area contributed by atoms with Crippen LogP contribution in [0, 0.1) is 0 Å². The Bertz CT molecular complexity index is 704. The highest BCUT2D eigenvalue weighted by molar-refractivity contribution is 6.00. The lowest BCUT2D eigenvalue weighted by Gasteiger charge is -2.29. The number of nitrogens with zero attached hydrogens (tertiary/aromatic N) is 1. The maximum absolute atomic E-state index is 11.5. The highest BCUT2D eigenvalue weighted by atomic mass is 16.7. The Morgan fingerprint density at radius 3 is 2.59 bits per heavy atom. The third-order valence-corrected chi connectivity index (χ3v) is 4.53. The van der Waals surface area contributed by atoms with Gasteiger partial charge < -0.3 is 14.4 Å². The highest BCUT2D eigenvalue weighted by Gasteiger charge is 2.36. The molecule has 0 aromatic heterocycles. The molecular formula is C17H15NO4. The number of fused-ring (bicyclic) bond motifs is 3. The summed E-state index contributed by atoms with van der Waals surface area (Å²) in [5.74, 6) is 1.42. The smallest absolute Gasteiger partial charge is 0.231 e. The van der Waals surface area contributed by atoms with Gasteiger partial charge in [-0.2, -0.15) is 0 Å². The molecule has 112 valence electrons. The number of amides is 1. The lowest BCUT2D eigenvalue weighted by molar-refractivity contribution is -0.118. The molecule has 0 bridgehead atoms. The molecule has 0 saturated heterocycles. The zero-order valence-corrected chi connectivity index (χ0v) is 12.0. The van der Waals surface area contributed by atoms with Gasteiger partial charge in [-0.05, 0) is 41.8 Å². The first-order valence-electron chi connectivity index (χ1n) is 7.25. The van der Waals surface area contributed by atoms with Crippen molar-refractivity contribution in [3.63, 3.8) is 0 Å². The van der Waals surface area contributed by atoms with Gasteiger partial charge in [-0.3, -0.25) is 9.59 Å². The van der Waals surface area contributed by atoms with Crippen molar-refractivity contribution in [2.45, 2.75) is 18.4 Å². The van der Waals surface area contributed by atoms with Crippen LogP contribution in [0.2, 0.25) is 0 Å². The summed E-state index contributed by atoms with van der Waals surface area (Å²) in [6.07, 6.45) is 8.68. The van der Waals surface area contributed by atoms with Gasteiger partial charge >= 0.3 is 0 Å². The van der Waals surface area contributed by atoms with Crippen molar-refractivity contribution in [2.75, 3.05) is 13.3 Å². The standard InChI is InChI=1S/C17H15NO4/c19-10-18-6-5-17(3-1-13(20)2-4-17)14-8-16-15(21-11-22-16)7-12(14)9-18/h1-4,7-8,10H,5-6,9,11H2. The normalized spacial score (nSPS) is 20.9. The Kier molecular flexibility index (Phi) is 2.82. The number of ether oxygens (including phenoxy) is 2. The van der Waals surface area contributed by atoms with Crippen LogP contribution in [0.15, 0.2) is 36.4 Å². The van der Waals surface area contributed by atoms with E-state index in [4.69, 9.17) is 9.47 Å². The van der Waals surface area contributed by atoms with Gasteiger partial charge in [0.25, 0.3) is 0 Å². The summed E-state index contributed by atoms with van der Waals surface area (Å²) in [5, 5.41) is 0. The molecule has 0 unspecified atom stereocenters. The van der Waals surface area contributed by atoms with Gasteiger partial charge in [0.1, 0.15) is 0 Å². The fourth-order valence-electron chi connectivity index (χ4n) is 3.32. The van der Waals surface area contributed by atoms with Gasteiger partial charge in [-0.25, -0.2) is 0 Å². The molecule has 2 aliphatic heterocycles. The fourth-order valence-corrected chi connectivity index (χ4v) is 3.32. The number of hydrogen-bond acceptors (Lipinski definition) is 4. The fraction of sp³-hybridized carbons (Fsp3) is 0.294. The Morgan fingerprint density at radius 1 is 1.14 bits per heavy atom. The SMILES string of the molecule is O=CN1CCC2(C=CC(=O)C=C2)c2cc3c(cc2C1)OCO3. The first-order chi connectivity index (χ1) is 10.7. The minimum Gasteiger partial charge on any atom is -0.454 e. The van der Waals surface area contributed by atoms with Crippen LogP contribution < -0.4 is 9.47 Å². The van der Waals surface area contributed by atoms with Crippen LogP contribution in [0.3, 0.4) is 0 Å². The van der Waals surface area contributed by atoms with E-state index in [9.17, 15) is 9.59 Å². The lowest BCUT2D eigenvalue weighted by Crippen LogP contribution is -2.27. The quantitative estimate of drug-likeness (QED) is 0.741. The number of benzene rings is 1. The summed E-state index contributed by atoms with van der Waals surface area (Å²) in [6, 6.07) is 3.93. The lowest BCUT2D eigenvalue weighted by atomic mass is 9.73. The van der Waals surface area contributed by atoms with Gasteiger partial charge in [-0.1, -0.05) is 12.2 Å². The first-order valence-corrected chi connectivity index (χ1v) is 7.25. The van der Waals surface area contributed by atoms with Crippen LogP contribution in [-0.2, 0) is 21.5 Å². The molecule has 1 amide bonds. The molecule has 1 spiro atoms. The maximum atomic E-state index is 11.5. The second kappa shape index (κ2) is 4.73. The van der Waals surface area contributed by atoms with Crippen molar-refractivity contribution in [1.29, 1.82) is 0 Å². The van der Waals surface area contributed by atoms with E-state index in [2.05, 4.69) is 0 Å². The predicted molar refractivity (Wildman–Crippen MR) is 78.6 cm³/mol. The molecule has 0 N–H and O–H groups in total. The molecule has 0 radical (unpaired) electrons. The molecule has 0 fully saturated rings. The van der Waals surface area contributed by atoms with E-state index in [0.29, 0.717) is 18.8 Å². The zero-order chi connectivity index (χ0) is 15.2. The maximum Gasteiger partial charge on any atom is 0.231 e. The molecule has 1 aromatic rings. The minimum atomic E-state index is -0.373. The summed E-state index contributed by atoms with van der Waals surface area (Å²) >= 11 is 0. The van der Waals surface area contributed by atoms with Crippen molar-refractivity contribution >= 4 is 12.2 Å². The third kappa shape index (κ3) is 1.93. The average Bonchev–Trinajstić information content (AvgIpc) is 2.94. The van der Waals surface area contributed by atoms with Gasteiger partial charge in [0, 0.05) is 18.5 Å². The Morgan fingerprint density at radius 2 is 1.86 bits per heavy atom. The number of carbonyl (C=O) groups excluding carboxylic acids is 2. The van der Waals surface area contributed by atoms with Crippen LogP contribution in [0.5, 0.6) is 11.5 Å². The summed E-state index contributed by atoms with van der Waals surface area (Å²) in [7, 11) is 0. The summed E-state index contributed by atoms with van der Waals surface area (Å²) in [5.41, 5.74) is 1.72. The molecule has 5 heteroatoms. The van der Waals surface area contributed by atoms with E-state index in [0.717, 1.165) is 29.7 Å². The van der Waals surface area contributed by atoms with Gasteiger partial charge in [0.15, 0.2) is 17.3 Å². The van der Waals surface area contributed by atoms with Gasteiger partial charge in [0.05, 0.1) is 0 Å². The second-order valence-electron chi connectivity index (χ2n) is 5.80. The van der Waals surface area contributed by atoms with Gasteiger partial charge in [0.2, 0.25) is 13.2 Å². The van der Waals surface area contributed by atoms with Crippen LogP contribution in [0.1, 0.15) is 17.5 Å². The minimum absolute atomic E-state index is 0.00981. The number of ketones is 1. The molecule has 1 aromatic carbocycles. The zero-order valence-electron chi connectivity index (χ0n) is 12.0. The monoisotopic (exact) mass is 297 g/mol. The van der Waals surface area contributed by atoms with Crippen molar-refractivity contribution in [2.24, 2.45) is 0 Å². The van der Waals surface area contributed by atoms with E-state index in [-0.39, 0.29) is 18.0 Å². The molecule has 3 aliphatic rings. The van der Waals surface area contributed by atoms with Gasteiger partial charge in [-0.15, -0.1) is 0 Å². The number of rotatable bonds is 1. The molecule has 0 atom stereocenters. The highest BCUT2D eigenvalue weighted by Crippen LogP contribution is 2.44. The molecule has 5 nitrogen and oxygen atoms in total. The number of allylic oxidation sites excluding steroid dienone is 4. The molecular weight excluding hydrogens is 282 g/mol. The largest absolute Gasteiger partial charge is 0.454 e. The van der Waals surface area contributed by atoms with E-state index < -0.39 is 0 Å². The second-order valence-corrected chi connectivity index (χ2v) is 5.80. The van der Waals surface area contributed by atoms with Crippen LogP contribution in [-0.4, -0.2) is 30.4 Å². The Labute approximate surface area is 127 Å². The summed E-state index contributed by atoms with van der Waals surface area (Å²) in [6.45, 7) is 1.38. The Balaban J connectivity index is 1.89. The van der Waals surface area contributed by atoms with Crippen molar-refractivity contribution in [3.8, 4) is 11.5 Å². The molecule has 22 heavy (non-hydrogen) atoms. The van der Waals surface area contributed by atoms with E-state index in [1.165, 1.54) is 0 Å². The Hall–Kier alpha value is -2.56. The van der Waals surface area contributed by atoms with Crippen LogP contribution in [0.25, 0.3) is 0 Å². The van der Waals surface area contributed by atoms with Crippen molar-refractivity contribution in [3.05, 3.63) is 47.6 Å². The van der Waals surface area contributed by atoms with Crippen molar-refractivity contribution < 1.29 is 19.1 Å². The molecule has 1 aliphatic carbocycles. The molecule has 4 rings (SSSR count). The number of hydrogen-bond donors (Lipinski definition) is 0. The third-order valence-electron chi connectivity index (χ3n) is 4.53. The van der Waals surface area contributed by atoms with E-state index in [1.807, 2.05) is 24.3 Å². The van der Waals surface area contributed by atoms with Crippen LogP contribution in [0.4, 0.5) is 0 Å². The molecule has 2 heterocycles. The first kappa shape index (κ1) is 13.1. The van der Waals surface area contributed by atoms with Crippen molar-refractivity contribution in [1.82, 2.24) is 4.90 Å². The number of carbonyl (C=O) groups is 2. The van der Waals surface area contributed by atoms with E-state index >= 15 is 0 Å². The van der Waals surface area contributed by atoms with E-state index in [1.54, 1.807) is 17.1 Å². The molecule has 0 saturated carbocycles. The predicted octanol–water partition coefficient (Wildman–Crippen LogP) is 1.71. The topological polar surface area (TPSA) is 55.8 Å². The van der Waals surface area contributed by atoms with Crippen LogP contribution >= 0.6 is 0 Å².